The Morgan fingerprint density at radius 1 is 1.50 bits per heavy atom. The highest BCUT2D eigenvalue weighted by Gasteiger charge is 2.26. The first-order chi connectivity index (χ1) is 6.16. The first-order valence-corrected chi connectivity index (χ1v) is 5.88. The van der Waals surface area contributed by atoms with E-state index >= 15 is 0 Å². The van der Waals surface area contributed by atoms with Gasteiger partial charge in [0.05, 0.1) is 11.3 Å². The van der Waals surface area contributed by atoms with Crippen LogP contribution in [0.1, 0.15) is 27.2 Å². The number of hydrogen-bond donors (Lipinski definition) is 2. The van der Waals surface area contributed by atoms with Gasteiger partial charge in [0.15, 0.2) is 0 Å². The smallest absolute Gasteiger partial charge is 0.267 e. The predicted octanol–water partition coefficient (Wildman–Crippen LogP) is 0.383. The van der Waals surface area contributed by atoms with E-state index in [1.165, 1.54) is 20.3 Å². The number of hydrogen-bond acceptors (Lipinski definition) is 3. The van der Waals surface area contributed by atoms with Crippen LogP contribution < -0.4 is 5.32 Å². The minimum absolute atomic E-state index is 0.332. The summed E-state index contributed by atoms with van der Waals surface area (Å²) in [5.41, 5.74) is -0.962. The molecule has 1 radical (unpaired) electrons. The lowest BCUT2D eigenvalue weighted by Crippen LogP contribution is -2.48. The average Bonchev–Trinajstić information content (AvgIpc) is 1.78. The Morgan fingerprint density at radius 3 is 2.36 bits per heavy atom. The second-order valence-electron chi connectivity index (χ2n) is 3.71. The standard InChI is InChI=1S/C8H16NO4S/c1-4-5-7(10)9-8(2,3)6-14(11,12)13/h5H,4,6H2,1-3H3,(H,9,10)(H,11,12,13). The number of carbonyl (C=O) groups excluding carboxylic acids is 1. The molecule has 0 aromatic heterocycles. The molecule has 0 atom stereocenters. The molecule has 0 rings (SSSR count). The molecular weight excluding hydrogens is 206 g/mol. The van der Waals surface area contributed by atoms with Gasteiger partial charge in [0.1, 0.15) is 0 Å². The van der Waals surface area contributed by atoms with E-state index in [-0.39, 0.29) is 5.91 Å². The molecule has 0 aliphatic heterocycles. The highest BCUT2D eigenvalue weighted by atomic mass is 32.2. The van der Waals surface area contributed by atoms with E-state index in [1.54, 1.807) is 6.92 Å². The second-order valence-corrected chi connectivity index (χ2v) is 5.16. The molecule has 0 saturated carbocycles. The van der Waals surface area contributed by atoms with E-state index in [9.17, 15) is 13.2 Å². The lowest BCUT2D eigenvalue weighted by molar-refractivity contribution is -0.119. The van der Waals surface area contributed by atoms with Gasteiger partial charge in [-0.05, 0) is 20.3 Å². The number of rotatable bonds is 5. The third kappa shape index (κ3) is 6.85. The van der Waals surface area contributed by atoms with Gasteiger partial charge in [0.25, 0.3) is 10.1 Å². The fourth-order valence-corrected chi connectivity index (χ4v) is 2.05. The normalized spacial score (nSPS) is 12.6. The summed E-state index contributed by atoms with van der Waals surface area (Å²) in [6, 6.07) is 0. The van der Waals surface area contributed by atoms with Crippen LogP contribution in [0.3, 0.4) is 0 Å². The Kier molecular flexibility index (Phi) is 4.54. The summed E-state index contributed by atoms with van der Waals surface area (Å²) >= 11 is 0. The highest BCUT2D eigenvalue weighted by molar-refractivity contribution is 7.85. The van der Waals surface area contributed by atoms with Crippen molar-refractivity contribution in [3.63, 3.8) is 0 Å². The Morgan fingerprint density at radius 2 is 2.00 bits per heavy atom. The van der Waals surface area contributed by atoms with E-state index in [0.717, 1.165) is 0 Å². The van der Waals surface area contributed by atoms with Crippen LogP contribution in [0.25, 0.3) is 0 Å². The van der Waals surface area contributed by atoms with Gasteiger partial charge in [0.2, 0.25) is 5.91 Å². The molecule has 0 heterocycles. The summed E-state index contributed by atoms with van der Waals surface area (Å²) in [6.07, 6.45) is 1.99. The molecule has 0 aromatic rings. The minimum atomic E-state index is -4.07. The summed E-state index contributed by atoms with van der Waals surface area (Å²) in [5, 5.41) is 2.48. The van der Waals surface area contributed by atoms with E-state index in [4.69, 9.17) is 4.55 Å². The summed E-state index contributed by atoms with van der Waals surface area (Å²) in [5.74, 6) is -0.829. The summed E-state index contributed by atoms with van der Waals surface area (Å²) in [7, 11) is -4.07. The summed E-state index contributed by atoms with van der Waals surface area (Å²) in [6.45, 7) is 4.86. The first-order valence-electron chi connectivity index (χ1n) is 4.27. The van der Waals surface area contributed by atoms with Crippen molar-refractivity contribution >= 4 is 16.0 Å². The zero-order valence-electron chi connectivity index (χ0n) is 8.57. The topological polar surface area (TPSA) is 83.5 Å². The highest BCUT2D eigenvalue weighted by Crippen LogP contribution is 2.06. The van der Waals surface area contributed by atoms with Crippen molar-refractivity contribution in [2.24, 2.45) is 0 Å². The molecule has 1 amide bonds. The van der Waals surface area contributed by atoms with Crippen molar-refractivity contribution in [2.45, 2.75) is 32.7 Å². The molecule has 0 aliphatic carbocycles. The number of nitrogens with one attached hydrogen (secondary N) is 1. The lowest BCUT2D eigenvalue weighted by atomic mass is 10.1. The monoisotopic (exact) mass is 222 g/mol. The van der Waals surface area contributed by atoms with Crippen LogP contribution in [0.15, 0.2) is 0 Å². The van der Waals surface area contributed by atoms with Crippen molar-refractivity contribution in [2.75, 3.05) is 5.75 Å². The third-order valence-corrected chi connectivity index (χ3v) is 2.48. The van der Waals surface area contributed by atoms with Crippen LogP contribution in [-0.4, -0.2) is 30.2 Å². The quantitative estimate of drug-likeness (QED) is 0.659. The molecule has 0 bridgehead atoms. The van der Waals surface area contributed by atoms with E-state index in [2.05, 4.69) is 5.32 Å². The van der Waals surface area contributed by atoms with Gasteiger partial charge in [-0.3, -0.25) is 9.35 Å². The molecule has 0 aromatic carbocycles. The number of carbonyl (C=O) groups is 1. The largest absolute Gasteiger partial charge is 0.350 e. The Labute approximate surface area is 84.6 Å². The van der Waals surface area contributed by atoms with Crippen molar-refractivity contribution in [3.8, 4) is 0 Å². The zero-order chi connectivity index (χ0) is 11.4. The minimum Gasteiger partial charge on any atom is -0.350 e. The predicted molar refractivity (Wildman–Crippen MR) is 53.2 cm³/mol. The van der Waals surface area contributed by atoms with E-state index in [1.807, 2.05) is 0 Å². The molecular formula is C8H16NO4S. The first kappa shape index (κ1) is 13.4. The number of amides is 1. The van der Waals surface area contributed by atoms with E-state index < -0.39 is 21.4 Å². The summed E-state index contributed by atoms with van der Waals surface area (Å²) in [4.78, 5) is 11.1. The molecule has 0 spiro atoms. The van der Waals surface area contributed by atoms with Crippen LogP contribution in [0.4, 0.5) is 0 Å². The van der Waals surface area contributed by atoms with Gasteiger partial charge in [-0.1, -0.05) is 6.92 Å². The van der Waals surface area contributed by atoms with Gasteiger partial charge >= 0.3 is 0 Å². The maximum atomic E-state index is 11.1. The molecule has 5 nitrogen and oxygen atoms in total. The molecule has 0 aliphatic rings. The SMILES string of the molecule is CC[CH]C(=O)NC(C)(C)CS(=O)(=O)O. The van der Waals surface area contributed by atoms with Gasteiger partial charge in [0, 0.05) is 6.42 Å². The molecule has 6 heteroatoms. The Hall–Kier alpha value is -0.620. The fraction of sp³-hybridized carbons (Fsp3) is 0.750. The second kappa shape index (κ2) is 4.75. The molecule has 83 valence electrons. The fourth-order valence-electron chi connectivity index (χ4n) is 1.06. The van der Waals surface area contributed by atoms with Crippen molar-refractivity contribution in [1.82, 2.24) is 5.32 Å². The Bertz CT molecular complexity index is 294. The zero-order valence-corrected chi connectivity index (χ0v) is 9.39. The van der Waals surface area contributed by atoms with Crippen molar-refractivity contribution in [3.05, 3.63) is 6.42 Å². The van der Waals surface area contributed by atoms with Crippen LogP contribution in [0.2, 0.25) is 0 Å². The Balaban J connectivity index is 4.27. The van der Waals surface area contributed by atoms with Gasteiger partial charge in [-0.15, -0.1) is 0 Å². The molecule has 0 unspecified atom stereocenters. The lowest BCUT2D eigenvalue weighted by Gasteiger charge is -2.24. The maximum absolute atomic E-state index is 11.1. The third-order valence-electron chi connectivity index (χ3n) is 1.39. The van der Waals surface area contributed by atoms with Gasteiger partial charge < -0.3 is 5.32 Å². The van der Waals surface area contributed by atoms with Crippen LogP contribution in [0.5, 0.6) is 0 Å². The van der Waals surface area contributed by atoms with Crippen LogP contribution >= 0.6 is 0 Å². The van der Waals surface area contributed by atoms with Gasteiger partial charge in [-0.2, -0.15) is 8.42 Å². The summed E-state index contributed by atoms with van der Waals surface area (Å²) < 4.78 is 29.8. The van der Waals surface area contributed by atoms with Crippen molar-refractivity contribution in [1.29, 1.82) is 0 Å². The molecule has 14 heavy (non-hydrogen) atoms. The molecule has 0 fully saturated rings. The van der Waals surface area contributed by atoms with Crippen LogP contribution in [-0.2, 0) is 14.9 Å². The van der Waals surface area contributed by atoms with E-state index in [0.29, 0.717) is 6.42 Å². The maximum Gasteiger partial charge on any atom is 0.267 e. The van der Waals surface area contributed by atoms with Crippen molar-refractivity contribution < 1.29 is 17.8 Å². The molecule has 2 N–H and O–H groups in total. The van der Waals surface area contributed by atoms with Crippen LogP contribution in [0, 0.1) is 6.42 Å². The molecule has 0 saturated heterocycles. The van der Waals surface area contributed by atoms with Gasteiger partial charge in [-0.25, -0.2) is 0 Å². The average molecular weight is 222 g/mol.